The third-order valence-electron chi connectivity index (χ3n) is 5.36. The summed E-state index contributed by atoms with van der Waals surface area (Å²) in [5.74, 6) is 0.914. The Labute approximate surface area is 162 Å². The van der Waals surface area contributed by atoms with Crippen LogP contribution < -0.4 is 15.5 Å². The Hall–Kier alpha value is -3.26. The molecular weight excluding hydrogens is 356 g/mol. The molecule has 0 unspecified atom stereocenters. The number of piperidine rings is 1. The van der Waals surface area contributed by atoms with Gasteiger partial charge in [0.15, 0.2) is 0 Å². The van der Waals surface area contributed by atoms with Gasteiger partial charge in [-0.05, 0) is 50.2 Å². The number of fused-ring (bicyclic) bond motifs is 1. The highest BCUT2D eigenvalue weighted by molar-refractivity contribution is 6.07. The molecule has 3 aromatic rings. The van der Waals surface area contributed by atoms with Gasteiger partial charge >= 0.3 is 0 Å². The van der Waals surface area contributed by atoms with Crippen molar-refractivity contribution in [3.05, 3.63) is 54.7 Å². The maximum Gasteiger partial charge on any atom is 0.253 e. The second-order valence-electron chi connectivity index (χ2n) is 7.12. The van der Waals surface area contributed by atoms with Crippen LogP contribution in [0.15, 0.2) is 53.3 Å². The summed E-state index contributed by atoms with van der Waals surface area (Å²) in [5.41, 5.74) is 1.97. The van der Waals surface area contributed by atoms with Crippen LogP contribution in [0.4, 0.5) is 11.4 Å². The van der Waals surface area contributed by atoms with E-state index in [1.165, 1.54) is 0 Å². The molecule has 1 saturated heterocycles. The van der Waals surface area contributed by atoms with E-state index >= 15 is 0 Å². The smallest absolute Gasteiger partial charge is 0.253 e. The predicted octanol–water partition coefficient (Wildman–Crippen LogP) is 2.21. The third kappa shape index (κ3) is 2.82. The topological polar surface area (TPSA) is 96.2 Å². The van der Waals surface area contributed by atoms with E-state index in [0.29, 0.717) is 11.7 Å². The Morgan fingerprint density at radius 1 is 1.14 bits per heavy atom. The highest BCUT2D eigenvalue weighted by Gasteiger charge is 2.46. The Kier molecular flexibility index (Phi) is 4.05. The lowest BCUT2D eigenvalue weighted by atomic mass is 9.84. The van der Waals surface area contributed by atoms with Gasteiger partial charge in [0.05, 0.1) is 11.4 Å². The molecular formula is C20H20N6O2. The van der Waals surface area contributed by atoms with E-state index in [4.69, 9.17) is 4.52 Å². The van der Waals surface area contributed by atoms with Crippen LogP contribution >= 0.6 is 0 Å². The molecule has 0 aliphatic carbocycles. The minimum atomic E-state index is -0.591. The molecule has 142 valence electrons. The zero-order valence-corrected chi connectivity index (χ0v) is 15.3. The fourth-order valence-corrected chi connectivity index (χ4v) is 3.91. The van der Waals surface area contributed by atoms with Crippen molar-refractivity contribution in [2.75, 3.05) is 23.3 Å². The van der Waals surface area contributed by atoms with Crippen LogP contribution in [-0.4, -0.2) is 39.7 Å². The molecule has 5 rings (SSSR count). The number of aromatic nitrogens is 3. The summed E-state index contributed by atoms with van der Waals surface area (Å²) < 4.78 is 5.45. The Bertz CT molecular complexity index is 997. The van der Waals surface area contributed by atoms with Gasteiger partial charge < -0.3 is 15.2 Å². The average molecular weight is 376 g/mol. The molecule has 0 bridgehead atoms. The van der Waals surface area contributed by atoms with Crippen LogP contribution in [0.5, 0.6) is 0 Å². The number of hydrogen-bond donors (Lipinski definition) is 2. The van der Waals surface area contributed by atoms with E-state index in [-0.39, 0.29) is 12.5 Å². The number of carbonyl (C=O) groups is 1. The predicted molar refractivity (Wildman–Crippen MR) is 104 cm³/mol. The lowest BCUT2D eigenvalue weighted by Crippen LogP contribution is -2.61. The monoisotopic (exact) mass is 376 g/mol. The molecule has 2 N–H and O–H groups in total. The number of pyridine rings is 1. The largest absolute Gasteiger partial charge is 0.369 e. The zero-order chi connectivity index (χ0) is 19.0. The lowest BCUT2D eigenvalue weighted by molar-refractivity contribution is -0.124. The number of anilines is 2. The summed E-state index contributed by atoms with van der Waals surface area (Å²) in [6, 6.07) is 11.5. The van der Waals surface area contributed by atoms with E-state index < -0.39 is 5.54 Å². The molecule has 2 aliphatic heterocycles. The summed E-state index contributed by atoms with van der Waals surface area (Å²) >= 11 is 0. The average Bonchev–Trinajstić information content (AvgIpc) is 3.21. The van der Waals surface area contributed by atoms with Gasteiger partial charge in [-0.2, -0.15) is 4.98 Å². The first-order chi connectivity index (χ1) is 13.8. The van der Waals surface area contributed by atoms with Gasteiger partial charge in [-0.1, -0.05) is 17.3 Å². The molecule has 1 fully saturated rings. The van der Waals surface area contributed by atoms with Crippen molar-refractivity contribution in [3.63, 3.8) is 0 Å². The number of benzene rings is 1. The zero-order valence-electron chi connectivity index (χ0n) is 15.3. The van der Waals surface area contributed by atoms with Crippen LogP contribution in [0.1, 0.15) is 18.7 Å². The highest BCUT2D eigenvalue weighted by Crippen LogP contribution is 2.39. The molecule has 8 nitrogen and oxygen atoms in total. The summed E-state index contributed by atoms with van der Waals surface area (Å²) in [7, 11) is 0. The number of nitrogens with one attached hydrogen (secondary N) is 2. The Balaban J connectivity index is 1.48. The maximum atomic E-state index is 13.5. The summed E-state index contributed by atoms with van der Waals surface area (Å²) in [6.07, 6.45) is 4.85. The molecule has 28 heavy (non-hydrogen) atoms. The molecule has 0 radical (unpaired) electrons. The van der Waals surface area contributed by atoms with Crippen molar-refractivity contribution in [2.45, 2.75) is 24.9 Å². The van der Waals surface area contributed by atoms with E-state index in [2.05, 4.69) is 25.8 Å². The molecule has 0 atom stereocenters. The highest BCUT2D eigenvalue weighted by atomic mass is 16.5. The third-order valence-corrected chi connectivity index (χ3v) is 5.36. The SMILES string of the molecule is O=C1N(Cc2nc(-c3cccnc3)no2)c2ccccc2NC12CCNCC2. The summed E-state index contributed by atoms with van der Waals surface area (Å²) in [4.78, 5) is 23.8. The number of amides is 1. The van der Waals surface area contributed by atoms with Gasteiger partial charge in [0.25, 0.3) is 5.91 Å². The van der Waals surface area contributed by atoms with Gasteiger partial charge in [-0.25, -0.2) is 0 Å². The Morgan fingerprint density at radius 3 is 2.82 bits per heavy atom. The first-order valence-electron chi connectivity index (χ1n) is 9.38. The summed E-state index contributed by atoms with van der Waals surface area (Å²) in [5, 5.41) is 10.9. The standard InChI is InChI=1S/C20H20N6O2/c27-19-20(7-10-21-11-8-20)24-15-5-1-2-6-16(15)26(19)13-17-23-18(25-28-17)14-4-3-9-22-12-14/h1-6,9,12,21,24H,7-8,10-11,13H2. The normalized spacial score (nSPS) is 18.0. The van der Waals surface area contributed by atoms with E-state index in [9.17, 15) is 4.79 Å². The quantitative estimate of drug-likeness (QED) is 0.723. The van der Waals surface area contributed by atoms with E-state index in [0.717, 1.165) is 42.9 Å². The van der Waals surface area contributed by atoms with Crippen molar-refractivity contribution in [1.82, 2.24) is 20.4 Å². The first-order valence-corrected chi connectivity index (χ1v) is 9.38. The molecule has 4 heterocycles. The first kappa shape index (κ1) is 16.9. The fourth-order valence-electron chi connectivity index (χ4n) is 3.91. The fraction of sp³-hybridized carbons (Fsp3) is 0.300. The van der Waals surface area contributed by atoms with Crippen LogP contribution in [0, 0.1) is 0 Å². The van der Waals surface area contributed by atoms with Crippen LogP contribution in [0.3, 0.4) is 0 Å². The van der Waals surface area contributed by atoms with Gasteiger partial charge in [0.2, 0.25) is 11.7 Å². The molecule has 1 aromatic carbocycles. The second-order valence-corrected chi connectivity index (χ2v) is 7.12. The number of hydrogen-bond acceptors (Lipinski definition) is 7. The maximum absolute atomic E-state index is 13.5. The molecule has 8 heteroatoms. The van der Waals surface area contributed by atoms with E-state index in [1.54, 1.807) is 17.3 Å². The van der Waals surface area contributed by atoms with Crippen LogP contribution in [0.2, 0.25) is 0 Å². The van der Waals surface area contributed by atoms with Crippen molar-refractivity contribution in [2.24, 2.45) is 0 Å². The minimum Gasteiger partial charge on any atom is -0.369 e. The van der Waals surface area contributed by atoms with Gasteiger partial charge in [0, 0.05) is 18.0 Å². The molecule has 0 saturated carbocycles. The molecule has 1 spiro atoms. The van der Waals surface area contributed by atoms with Crippen molar-refractivity contribution in [3.8, 4) is 11.4 Å². The number of carbonyl (C=O) groups excluding carboxylic acids is 1. The van der Waals surface area contributed by atoms with Crippen LogP contribution in [0.25, 0.3) is 11.4 Å². The number of nitrogens with zero attached hydrogens (tertiary/aromatic N) is 4. The number of rotatable bonds is 3. The molecule has 2 aromatic heterocycles. The second kappa shape index (κ2) is 6.72. The van der Waals surface area contributed by atoms with Crippen molar-refractivity contribution < 1.29 is 9.32 Å². The molecule has 1 amide bonds. The van der Waals surface area contributed by atoms with Gasteiger partial charge in [-0.15, -0.1) is 0 Å². The van der Waals surface area contributed by atoms with E-state index in [1.807, 2.05) is 36.4 Å². The van der Waals surface area contributed by atoms with Crippen molar-refractivity contribution in [1.29, 1.82) is 0 Å². The lowest BCUT2D eigenvalue weighted by Gasteiger charge is -2.45. The van der Waals surface area contributed by atoms with Crippen molar-refractivity contribution >= 4 is 17.3 Å². The number of para-hydroxylation sites is 2. The van der Waals surface area contributed by atoms with Crippen LogP contribution in [-0.2, 0) is 11.3 Å². The van der Waals surface area contributed by atoms with Gasteiger partial charge in [0.1, 0.15) is 12.1 Å². The molecule has 2 aliphatic rings. The Morgan fingerprint density at radius 2 is 2.00 bits per heavy atom. The summed E-state index contributed by atoms with van der Waals surface area (Å²) in [6.45, 7) is 1.85. The minimum absolute atomic E-state index is 0.0498. The van der Waals surface area contributed by atoms with Gasteiger partial charge in [-0.3, -0.25) is 14.7 Å².